The molecule has 2 atom stereocenters. The number of hydrogen-bond acceptors (Lipinski definition) is 6. The average molecular weight is 450 g/mol. The van der Waals surface area contributed by atoms with Gasteiger partial charge in [0.15, 0.2) is 11.6 Å². The van der Waals surface area contributed by atoms with Gasteiger partial charge in [-0.25, -0.2) is 4.79 Å². The Kier molecular flexibility index (Phi) is 6.22. The number of rotatable bonds is 4. The van der Waals surface area contributed by atoms with E-state index < -0.39 is 6.09 Å². The molecule has 2 aromatic carbocycles. The number of nitrogens with zero attached hydrogens (tertiary/aromatic N) is 1. The van der Waals surface area contributed by atoms with Crippen LogP contribution in [0.15, 0.2) is 53.6 Å². The molecule has 0 aromatic heterocycles. The summed E-state index contributed by atoms with van der Waals surface area (Å²) >= 11 is 0. The highest BCUT2D eigenvalue weighted by Crippen LogP contribution is 2.42. The molecule has 1 heterocycles. The molecular formula is C26H27NO6. The van der Waals surface area contributed by atoms with Crippen LogP contribution in [0.3, 0.4) is 0 Å². The Hall–Kier alpha value is -3.61. The number of fused-ring (bicyclic) bond motifs is 1. The molecule has 2 aromatic rings. The van der Waals surface area contributed by atoms with E-state index in [0.717, 1.165) is 5.56 Å². The van der Waals surface area contributed by atoms with Crippen molar-refractivity contribution in [2.45, 2.75) is 45.4 Å². The summed E-state index contributed by atoms with van der Waals surface area (Å²) < 4.78 is 16.3. The molecule has 1 aliphatic carbocycles. The molecule has 0 spiro atoms. The van der Waals surface area contributed by atoms with Crippen molar-refractivity contribution in [3.8, 4) is 11.5 Å². The van der Waals surface area contributed by atoms with Gasteiger partial charge in [0.05, 0.1) is 25.3 Å². The Bertz CT molecular complexity index is 1080. The van der Waals surface area contributed by atoms with Gasteiger partial charge in [-0.2, -0.15) is 0 Å². The predicted molar refractivity (Wildman–Crippen MR) is 122 cm³/mol. The SMILES string of the molecule is COc1ccc(OC)c2c1C(=O)C1=C(C[C@H](C)N(C(=O)OCc3ccccc3)[C@@H](C)C1)C2=O. The van der Waals surface area contributed by atoms with E-state index in [-0.39, 0.29) is 54.2 Å². The largest absolute Gasteiger partial charge is 0.496 e. The van der Waals surface area contributed by atoms with Crippen molar-refractivity contribution in [3.63, 3.8) is 0 Å². The zero-order valence-corrected chi connectivity index (χ0v) is 19.2. The number of carbonyl (C=O) groups is 3. The van der Waals surface area contributed by atoms with Gasteiger partial charge in [-0.15, -0.1) is 0 Å². The Balaban J connectivity index is 1.64. The summed E-state index contributed by atoms with van der Waals surface area (Å²) in [6, 6.07) is 12.0. The third kappa shape index (κ3) is 3.99. The van der Waals surface area contributed by atoms with E-state index in [1.165, 1.54) is 14.2 Å². The summed E-state index contributed by atoms with van der Waals surface area (Å²) in [7, 11) is 2.93. The lowest BCUT2D eigenvalue weighted by Crippen LogP contribution is -2.44. The van der Waals surface area contributed by atoms with Crippen LogP contribution in [0.1, 0.15) is 53.0 Å². The van der Waals surface area contributed by atoms with Gasteiger partial charge in [-0.3, -0.25) is 9.59 Å². The first kappa shape index (κ1) is 22.6. The van der Waals surface area contributed by atoms with Crippen molar-refractivity contribution in [1.29, 1.82) is 0 Å². The van der Waals surface area contributed by atoms with E-state index in [2.05, 4.69) is 0 Å². The summed E-state index contributed by atoms with van der Waals surface area (Å²) in [5.41, 5.74) is 2.19. The van der Waals surface area contributed by atoms with Crippen LogP contribution < -0.4 is 9.47 Å². The van der Waals surface area contributed by atoms with Crippen LogP contribution in [0.5, 0.6) is 11.5 Å². The normalized spacial score (nSPS) is 20.1. The summed E-state index contributed by atoms with van der Waals surface area (Å²) in [4.78, 5) is 41.7. The van der Waals surface area contributed by atoms with Crippen LogP contribution in [0.4, 0.5) is 4.79 Å². The third-order valence-electron chi connectivity index (χ3n) is 6.30. The summed E-state index contributed by atoms with van der Waals surface area (Å²) in [6.07, 6.45) is 0.0425. The quantitative estimate of drug-likeness (QED) is 0.679. The fourth-order valence-corrected chi connectivity index (χ4v) is 4.74. The predicted octanol–water partition coefficient (Wildman–Crippen LogP) is 4.59. The molecule has 0 saturated heterocycles. The molecule has 1 aliphatic heterocycles. The van der Waals surface area contributed by atoms with Crippen LogP contribution in [-0.4, -0.2) is 48.9 Å². The number of hydrogen-bond donors (Lipinski definition) is 0. The highest BCUT2D eigenvalue weighted by atomic mass is 16.6. The fraction of sp³-hybridized carbons (Fsp3) is 0.346. The molecule has 0 radical (unpaired) electrons. The highest BCUT2D eigenvalue weighted by molar-refractivity contribution is 6.29. The van der Waals surface area contributed by atoms with E-state index in [1.54, 1.807) is 17.0 Å². The zero-order chi connectivity index (χ0) is 23.7. The maximum atomic E-state index is 13.6. The van der Waals surface area contributed by atoms with Gasteiger partial charge < -0.3 is 19.1 Å². The van der Waals surface area contributed by atoms with Crippen molar-refractivity contribution in [1.82, 2.24) is 4.90 Å². The van der Waals surface area contributed by atoms with Gasteiger partial charge >= 0.3 is 6.09 Å². The molecule has 0 N–H and O–H groups in total. The Morgan fingerprint density at radius 1 is 0.848 bits per heavy atom. The van der Waals surface area contributed by atoms with Crippen LogP contribution in [0.2, 0.25) is 0 Å². The van der Waals surface area contributed by atoms with E-state index in [4.69, 9.17) is 14.2 Å². The molecule has 1 amide bonds. The minimum Gasteiger partial charge on any atom is -0.496 e. The van der Waals surface area contributed by atoms with Crippen LogP contribution in [0.25, 0.3) is 0 Å². The lowest BCUT2D eigenvalue weighted by Gasteiger charge is -2.32. The van der Waals surface area contributed by atoms with Crippen LogP contribution in [-0.2, 0) is 11.3 Å². The number of Topliss-reactive ketones (excluding diaryl/α,β-unsaturated/α-hetero) is 2. The molecule has 7 heteroatoms. The van der Waals surface area contributed by atoms with E-state index >= 15 is 0 Å². The smallest absolute Gasteiger partial charge is 0.410 e. The van der Waals surface area contributed by atoms with Gasteiger partial charge in [-0.1, -0.05) is 30.3 Å². The molecule has 4 rings (SSSR count). The van der Waals surface area contributed by atoms with Gasteiger partial charge in [0, 0.05) is 23.2 Å². The molecule has 0 bridgehead atoms. The topological polar surface area (TPSA) is 82.1 Å². The number of ketones is 2. The minimum absolute atomic E-state index is 0.153. The lowest BCUT2D eigenvalue weighted by molar-refractivity contribution is 0.0682. The molecule has 0 saturated carbocycles. The van der Waals surface area contributed by atoms with Crippen LogP contribution in [0, 0.1) is 0 Å². The molecule has 33 heavy (non-hydrogen) atoms. The minimum atomic E-state index is -0.466. The molecular weight excluding hydrogens is 422 g/mol. The maximum Gasteiger partial charge on any atom is 0.410 e. The van der Waals surface area contributed by atoms with Gasteiger partial charge in [0.2, 0.25) is 0 Å². The first-order valence-electron chi connectivity index (χ1n) is 10.9. The summed E-state index contributed by atoms with van der Waals surface area (Å²) in [5.74, 6) is 0.155. The van der Waals surface area contributed by atoms with Gasteiger partial charge in [0.1, 0.15) is 18.1 Å². The standard InChI is InChI=1S/C26H27NO6/c1-15-12-18-19(13-16(2)27(15)26(30)33-14-17-8-6-5-7-9-17)25(29)23-21(32-4)11-10-20(31-3)22(23)24(18)28/h5-11,15-16H,12-14H2,1-4H3/t15-,16-/m0/s1. The van der Waals surface area contributed by atoms with Crippen molar-refractivity contribution in [2.75, 3.05) is 14.2 Å². The van der Waals surface area contributed by atoms with Crippen molar-refractivity contribution in [3.05, 3.63) is 70.3 Å². The number of methoxy groups -OCH3 is 2. The molecule has 0 unspecified atom stereocenters. The number of amides is 1. The Labute approximate surface area is 192 Å². The van der Waals surface area contributed by atoms with Gasteiger partial charge in [0.25, 0.3) is 0 Å². The monoisotopic (exact) mass is 449 g/mol. The number of benzene rings is 2. The Morgan fingerprint density at radius 2 is 1.33 bits per heavy atom. The number of carbonyl (C=O) groups excluding carboxylic acids is 3. The zero-order valence-electron chi connectivity index (χ0n) is 19.2. The summed E-state index contributed by atoms with van der Waals surface area (Å²) in [5, 5.41) is 0. The van der Waals surface area contributed by atoms with Crippen molar-refractivity contribution >= 4 is 17.7 Å². The fourth-order valence-electron chi connectivity index (χ4n) is 4.74. The summed E-state index contributed by atoms with van der Waals surface area (Å²) in [6.45, 7) is 3.89. The van der Waals surface area contributed by atoms with Crippen molar-refractivity contribution < 1.29 is 28.6 Å². The molecule has 0 fully saturated rings. The lowest BCUT2D eigenvalue weighted by atomic mass is 9.80. The second-order valence-electron chi connectivity index (χ2n) is 8.39. The second-order valence-corrected chi connectivity index (χ2v) is 8.39. The van der Waals surface area contributed by atoms with E-state index in [0.29, 0.717) is 22.6 Å². The average Bonchev–Trinajstić information content (AvgIpc) is 2.96. The maximum absolute atomic E-state index is 13.6. The van der Waals surface area contributed by atoms with Crippen molar-refractivity contribution in [2.24, 2.45) is 0 Å². The Morgan fingerprint density at radius 3 is 1.79 bits per heavy atom. The van der Waals surface area contributed by atoms with E-state index in [9.17, 15) is 14.4 Å². The highest BCUT2D eigenvalue weighted by Gasteiger charge is 2.42. The molecule has 2 aliphatic rings. The third-order valence-corrected chi connectivity index (χ3v) is 6.30. The second kappa shape index (κ2) is 9.10. The van der Waals surface area contributed by atoms with Crippen LogP contribution >= 0.6 is 0 Å². The number of ether oxygens (including phenoxy) is 3. The molecule has 172 valence electrons. The molecule has 7 nitrogen and oxygen atoms in total. The van der Waals surface area contributed by atoms with Gasteiger partial charge in [-0.05, 0) is 44.4 Å². The van der Waals surface area contributed by atoms with E-state index in [1.807, 2.05) is 44.2 Å². The first-order valence-corrected chi connectivity index (χ1v) is 10.9. The first-order chi connectivity index (χ1) is 15.9.